The van der Waals surface area contributed by atoms with Crippen LogP contribution in [-0.4, -0.2) is 61.5 Å². The van der Waals surface area contributed by atoms with Gasteiger partial charge in [-0.05, 0) is 42.4 Å². The molecule has 1 aliphatic heterocycles. The van der Waals surface area contributed by atoms with Crippen LogP contribution in [0.3, 0.4) is 0 Å². The number of hydrogen-bond acceptors (Lipinski definition) is 4. The number of benzene rings is 1. The van der Waals surface area contributed by atoms with Crippen molar-refractivity contribution in [3.63, 3.8) is 0 Å². The monoisotopic (exact) mass is 400 g/mol. The second kappa shape index (κ2) is 9.72. The zero-order valence-electron chi connectivity index (χ0n) is 18.1. The number of hydrogen-bond donors (Lipinski definition) is 3. The number of carbonyl (C=O) groups is 2. The molecule has 0 radical (unpaired) electrons. The lowest BCUT2D eigenvalue weighted by Crippen LogP contribution is -2.43. The van der Waals surface area contributed by atoms with Crippen LogP contribution < -0.4 is 16.0 Å². The molecular weight excluding hydrogens is 364 g/mol. The number of carbonyl (C=O) groups excluding carboxylic acids is 2. The van der Waals surface area contributed by atoms with Crippen molar-refractivity contribution in [2.75, 3.05) is 32.7 Å². The molecule has 1 unspecified atom stereocenters. The fourth-order valence-corrected chi connectivity index (χ4v) is 3.83. The molecule has 1 saturated heterocycles. The molecule has 2 aliphatic rings. The second-order valence-corrected chi connectivity index (χ2v) is 9.45. The van der Waals surface area contributed by atoms with Crippen LogP contribution in [0.25, 0.3) is 0 Å². The van der Waals surface area contributed by atoms with Crippen LogP contribution >= 0.6 is 0 Å². The first-order chi connectivity index (χ1) is 13.8. The van der Waals surface area contributed by atoms with E-state index < -0.39 is 0 Å². The number of nitrogens with one attached hydrogen (secondary N) is 3. The highest BCUT2D eigenvalue weighted by Crippen LogP contribution is 2.22. The summed E-state index contributed by atoms with van der Waals surface area (Å²) in [6.07, 6.45) is 4.71. The molecule has 1 saturated carbocycles. The fourth-order valence-electron chi connectivity index (χ4n) is 3.83. The van der Waals surface area contributed by atoms with Gasteiger partial charge in [-0.1, -0.05) is 39.3 Å². The van der Waals surface area contributed by atoms with Crippen LogP contribution in [0.5, 0.6) is 0 Å². The Morgan fingerprint density at radius 2 is 1.76 bits per heavy atom. The summed E-state index contributed by atoms with van der Waals surface area (Å²) in [6.45, 7) is 9.96. The maximum atomic E-state index is 12.5. The maximum absolute atomic E-state index is 12.5. The summed E-state index contributed by atoms with van der Waals surface area (Å²) < 4.78 is 0. The van der Waals surface area contributed by atoms with E-state index in [2.05, 4.69) is 41.6 Å². The third-order valence-corrected chi connectivity index (χ3v) is 5.97. The van der Waals surface area contributed by atoms with Gasteiger partial charge in [-0.2, -0.15) is 0 Å². The van der Waals surface area contributed by atoms with Crippen molar-refractivity contribution in [3.05, 3.63) is 35.4 Å². The zero-order chi connectivity index (χ0) is 20.9. The topological polar surface area (TPSA) is 73.5 Å². The van der Waals surface area contributed by atoms with Crippen molar-refractivity contribution in [1.82, 2.24) is 20.9 Å². The Labute approximate surface area is 174 Å². The molecule has 0 aromatic heterocycles. The number of amides is 2. The summed E-state index contributed by atoms with van der Waals surface area (Å²) in [7, 11) is 0. The van der Waals surface area contributed by atoms with Crippen LogP contribution in [0.2, 0.25) is 0 Å². The summed E-state index contributed by atoms with van der Waals surface area (Å²) in [5, 5.41) is 9.54. The SMILES string of the molecule is CC(C)(C)c1ccc(C(=O)NC2CCN(CC(=O)NCCNC3CCC3)C2)cc1. The standard InChI is InChI=1S/C23H36N4O2/c1-23(2,3)18-9-7-17(8-10-18)22(29)26-20-11-14-27(15-20)16-21(28)25-13-12-24-19-5-4-6-19/h7-10,19-20,24H,4-6,11-16H2,1-3H3,(H,25,28)(H,26,29). The molecule has 6 heteroatoms. The van der Waals surface area contributed by atoms with Gasteiger partial charge in [-0.15, -0.1) is 0 Å². The predicted octanol–water partition coefficient (Wildman–Crippen LogP) is 2.05. The normalized spacial score (nSPS) is 20.3. The Hall–Kier alpha value is -1.92. The number of likely N-dealkylation sites (tertiary alicyclic amines) is 1. The lowest BCUT2D eigenvalue weighted by atomic mass is 9.86. The molecule has 160 valence electrons. The van der Waals surface area contributed by atoms with Gasteiger partial charge in [0.25, 0.3) is 5.91 Å². The highest BCUT2D eigenvalue weighted by atomic mass is 16.2. The van der Waals surface area contributed by atoms with E-state index in [1.54, 1.807) is 0 Å². The first-order valence-electron chi connectivity index (χ1n) is 10.9. The molecule has 3 N–H and O–H groups in total. The minimum absolute atomic E-state index is 0.0381. The molecule has 0 spiro atoms. The molecular formula is C23H36N4O2. The summed E-state index contributed by atoms with van der Waals surface area (Å²) in [6, 6.07) is 8.60. The van der Waals surface area contributed by atoms with Gasteiger partial charge < -0.3 is 16.0 Å². The van der Waals surface area contributed by atoms with Gasteiger partial charge >= 0.3 is 0 Å². The molecule has 1 aromatic carbocycles. The van der Waals surface area contributed by atoms with Crippen LogP contribution in [-0.2, 0) is 10.2 Å². The molecule has 1 aromatic rings. The Morgan fingerprint density at radius 1 is 1.03 bits per heavy atom. The quantitative estimate of drug-likeness (QED) is 0.584. The van der Waals surface area contributed by atoms with Gasteiger partial charge in [0.05, 0.1) is 6.54 Å². The summed E-state index contributed by atoms with van der Waals surface area (Å²) in [5.74, 6) is 0.0222. The van der Waals surface area contributed by atoms with E-state index in [9.17, 15) is 9.59 Å². The summed E-state index contributed by atoms with van der Waals surface area (Å²) in [5.41, 5.74) is 1.98. The Morgan fingerprint density at radius 3 is 2.38 bits per heavy atom. The Bertz CT molecular complexity index is 692. The lowest BCUT2D eigenvalue weighted by molar-refractivity contribution is -0.122. The second-order valence-electron chi connectivity index (χ2n) is 9.45. The summed E-state index contributed by atoms with van der Waals surface area (Å²) >= 11 is 0. The largest absolute Gasteiger partial charge is 0.354 e. The van der Waals surface area contributed by atoms with Gasteiger partial charge in [0, 0.05) is 43.8 Å². The van der Waals surface area contributed by atoms with Crippen molar-refractivity contribution in [3.8, 4) is 0 Å². The van der Waals surface area contributed by atoms with Crippen LogP contribution in [0, 0.1) is 0 Å². The Kier molecular flexibility index (Phi) is 7.30. The molecule has 6 nitrogen and oxygen atoms in total. The van der Waals surface area contributed by atoms with Crippen molar-refractivity contribution < 1.29 is 9.59 Å². The molecule has 1 atom stereocenters. The third kappa shape index (κ3) is 6.54. The third-order valence-electron chi connectivity index (χ3n) is 5.97. The molecule has 1 aliphatic carbocycles. The lowest BCUT2D eigenvalue weighted by Gasteiger charge is -2.26. The zero-order valence-corrected chi connectivity index (χ0v) is 18.1. The van der Waals surface area contributed by atoms with E-state index in [4.69, 9.17) is 0 Å². The van der Waals surface area contributed by atoms with Crippen molar-refractivity contribution >= 4 is 11.8 Å². The Balaban J connectivity index is 1.35. The van der Waals surface area contributed by atoms with Gasteiger partial charge in [0.1, 0.15) is 0 Å². The smallest absolute Gasteiger partial charge is 0.251 e. The molecule has 29 heavy (non-hydrogen) atoms. The minimum atomic E-state index is -0.0381. The predicted molar refractivity (Wildman–Crippen MR) is 116 cm³/mol. The molecule has 2 fully saturated rings. The van der Waals surface area contributed by atoms with E-state index in [1.165, 1.54) is 24.8 Å². The molecule has 3 rings (SSSR count). The fraction of sp³-hybridized carbons (Fsp3) is 0.652. The van der Waals surface area contributed by atoms with Gasteiger partial charge in [-0.3, -0.25) is 14.5 Å². The number of nitrogens with zero attached hydrogens (tertiary/aromatic N) is 1. The molecule has 1 heterocycles. The summed E-state index contributed by atoms with van der Waals surface area (Å²) in [4.78, 5) is 26.8. The van der Waals surface area contributed by atoms with E-state index in [0.29, 0.717) is 24.7 Å². The van der Waals surface area contributed by atoms with Crippen LogP contribution in [0.15, 0.2) is 24.3 Å². The van der Waals surface area contributed by atoms with E-state index in [-0.39, 0.29) is 23.3 Å². The van der Waals surface area contributed by atoms with Crippen molar-refractivity contribution in [2.45, 2.75) is 64.0 Å². The highest BCUT2D eigenvalue weighted by Gasteiger charge is 2.25. The molecule has 2 amide bonds. The first-order valence-corrected chi connectivity index (χ1v) is 10.9. The molecule has 0 bridgehead atoms. The van der Waals surface area contributed by atoms with Crippen molar-refractivity contribution in [2.24, 2.45) is 0 Å². The highest BCUT2D eigenvalue weighted by molar-refractivity contribution is 5.94. The maximum Gasteiger partial charge on any atom is 0.251 e. The number of rotatable bonds is 8. The van der Waals surface area contributed by atoms with Gasteiger partial charge in [0.2, 0.25) is 5.91 Å². The van der Waals surface area contributed by atoms with Gasteiger partial charge in [-0.25, -0.2) is 0 Å². The first kappa shape index (κ1) is 21.8. The van der Waals surface area contributed by atoms with Crippen LogP contribution in [0.1, 0.15) is 62.4 Å². The average Bonchev–Trinajstić information content (AvgIpc) is 3.06. The van der Waals surface area contributed by atoms with Gasteiger partial charge in [0.15, 0.2) is 0 Å². The minimum Gasteiger partial charge on any atom is -0.354 e. The van der Waals surface area contributed by atoms with E-state index in [0.717, 1.165) is 26.1 Å². The van der Waals surface area contributed by atoms with Crippen LogP contribution in [0.4, 0.5) is 0 Å². The van der Waals surface area contributed by atoms with Crippen molar-refractivity contribution in [1.29, 1.82) is 0 Å². The average molecular weight is 401 g/mol. The van der Waals surface area contributed by atoms with E-state index >= 15 is 0 Å². The van der Waals surface area contributed by atoms with E-state index in [1.807, 2.05) is 24.3 Å².